The van der Waals surface area contributed by atoms with Crippen LogP contribution >= 0.6 is 0 Å². The molecule has 0 unspecified atom stereocenters. The fraction of sp³-hybridized carbons (Fsp3) is 0.176. The lowest BCUT2D eigenvalue weighted by molar-refractivity contribution is -0.129. The van der Waals surface area contributed by atoms with E-state index in [-0.39, 0.29) is 5.56 Å². The summed E-state index contributed by atoms with van der Waals surface area (Å²) in [5.74, 6) is -1.41. The maximum Gasteiger partial charge on any atom is 0.339 e. The molecule has 124 valence electrons. The Morgan fingerprint density at radius 2 is 1.75 bits per heavy atom. The van der Waals surface area contributed by atoms with E-state index >= 15 is 0 Å². The van der Waals surface area contributed by atoms with Crippen LogP contribution in [0.4, 0.5) is 4.79 Å². The van der Waals surface area contributed by atoms with Crippen LogP contribution in [-0.4, -0.2) is 29.4 Å². The van der Waals surface area contributed by atoms with Gasteiger partial charge >= 0.3 is 12.0 Å². The molecular weight excluding hydrogens is 310 g/mol. The summed E-state index contributed by atoms with van der Waals surface area (Å²) in [6.07, 6.45) is 1.65. The Balaban J connectivity index is 2.19. The lowest BCUT2D eigenvalue weighted by atomic mass is 10.1. The topological polar surface area (TPSA) is 97.4 Å². The third kappa shape index (κ3) is 4.64. The molecule has 1 atom stereocenters. The summed E-state index contributed by atoms with van der Waals surface area (Å²) in [6, 6.07) is 10.8. The summed E-state index contributed by atoms with van der Waals surface area (Å²) in [5.41, 5.74) is 0.721. The van der Waals surface area contributed by atoms with Crippen LogP contribution in [-0.2, 0) is 9.53 Å². The fourth-order valence-corrected chi connectivity index (χ4v) is 1.95. The molecule has 1 heterocycles. The molecule has 1 aromatic carbocycles. The van der Waals surface area contributed by atoms with Gasteiger partial charge in [0.05, 0.1) is 5.56 Å². The van der Waals surface area contributed by atoms with Crippen molar-refractivity contribution in [2.45, 2.75) is 13.0 Å². The maximum atomic E-state index is 12.3. The highest BCUT2D eigenvalue weighted by Crippen LogP contribution is 2.19. The number of amides is 3. The van der Waals surface area contributed by atoms with Crippen LogP contribution in [0.25, 0.3) is 0 Å². The van der Waals surface area contributed by atoms with Crippen LogP contribution in [0.15, 0.2) is 54.9 Å². The van der Waals surface area contributed by atoms with E-state index < -0.39 is 24.0 Å². The first kappa shape index (κ1) is 17.1. The second kappa shape index (κ2) is 8.42. The van der Waals surface area contributed by atoms with E-state index in [9.17, 15) is 14.4 Å². The van der Waals surface area contributed by atoms with Gasteiger partial charge in [-0.1, -0.05) is 30.3 Å². The van der Waals surface area contributed by atoms with Gasteiger partial charge in [-0.15, -0.1) is 0 Å². The van der Waals surface area contributed by atoms with Crippen molar-refractivity contribution < 1.29 is 19.1 Å². The number of urea groups is 1. The summed E-state index contributed by atoms with van der Waals surface area (Å²) < 4.78 is 5.30. The number of carbonyl (C=O) groups is 3. The number of nitrogens with one attached hydrogen (secondary N) is 2. The second-order valence-electron chi connectivity index (χ2n) is 4.78. The number of imide groups is 1. The molecule has 2 rings (SSSR count). The number of rotatable bonds is 5. The van der Waals surface area contributed by atoms with E-state index in [0.29, 0.717) is 12.1 Å². The Morgan fingerprint density at radius 1 is 1.08 bits per heavy atom. The van der Waals surface area contributed by atoms with E-state index in [1.165, 1.54) is 24.5 Å². The van der Waals surface area contributed by atoms with Crippen molar-refractivity contribution in [3.63, 3.8) is 0 Å². The standard InChI is InChI=1S/C17H17N3O4/c1-2-19-17(23)20-15(21)14(12-6-4-3-5-7-12)24-16(22)13-8-10-18-11-9-13/h3-11,14H,2H2,1H3,(H2,19,20,21,23)/t14-/m1/s1. The minimum absolute atomic E-state index is 0.261. The number of esters is 1. The molecule has 2 N–H and O–H groups in total. The highest BCUT2D eigenvalue weighted by atomic mass is 16.5. The molecule has 0 spiro atoms. The smallest absolute Gasteiger partial charge is 0.339 e. The van der Waals surface area contributed by atoms with E-state index in [1.807, 2.05) is 0 Å². The van der Waals surface area contributed by atoms with Crippen LogP contribution in [0.1, 0.15) is 28.9 Å². The normalized spacial score (nSPS) is 11.2. The van der Waals surface area contributed by atoms with Gasteiger partial charge < -0.3 is 10.1 Å². The quantitative estimate of drug-likeness (QED) is 0.817. The minimum atomic E-state index is -1.24. The van der Waals surface area contributed by atoms with Crippen molar-refractivity contribution in [3.05, 3.63) is 66.0 Å². The zero-order valence-corrected chi connectivity index (χ0v) is 13.1. The molecule has 1 aromatic heterocycles. The van der Waals surface area contributed by atoms with Crippen LogP contribution < -0.4 is 10.6 Å². The number of benzene rings is 1. The van der Waals surface area contributed by atoms with Gasteiger partial charge in [-0.3, -0.25) is 15.1 Å². The number of nitrogens with zero attached hydrogens (tertiary/aromatic N) is 1. The number of hydrogen-bond acceptors (Lipinski definition) is 5. The van der Waals surface area contributed by atoms with Crippen LogP contribution in [0.5, 0.6) is 0 Å². The average Bonchev–Trinajstić information content (AvgIpc) is 2.61. The minimum Gasteiger partial charge on any atom is -0.444 e. The van der Waals surface area contributed by atoms with E-state index in [0.717, 1.165) is 0 Å². The summed E-state index contributed by atoms with van der Waals surface area (Å²) in [4.78, 5) is 39.9. The first-order valence-electron chi connectivity index (χ1n) is 7.36. The first-order valence-corrected chi connectivity index (χ1v) is 7.36. The van der Waals surface area contributed by atoms with Crippen molar-refractivity contribution >= 4 is 17.9 Å². The Kier molecular flexibility index (Phi) is 6.01. The molecule has 0 saturated heterocycles. The summed E-state index contributed by atoms with van der Waals surface area (Å²) in [5, 5.41) is 4.61. The van der Waals surface area contributed by atoms with Gasteiger partial charge in [0.2, 0.25) is 6.10 Å². The number of aromatic nitrogens is 1. The average molecular weight is 327 g/mol. The number of ether oxygens (including phenoxy) is 1. The Morgan fingerprint density at radius 3 is 2.38 bits per heavy atom. The van der Waals surface area contributed by atoms with Crippen molar-refractivity contribution in [2.24, 2.45) is 0 Å². The van der Waals surface area contributed by atoms with Gasteiger partial charge in [0, 0.05) is 24.5 Å². The molecule has 0 fully saturated rings. The number of carbonyl (C=O) groups excluding carboxylic acids is 3. The third-order valence-corrected chi connectivity index (χ3v) is 3.06. The Bertz CT molecular complexity index is 704. The molecular formula is C17H17N3O4. The predicted octanol–water partition coefficient (Wildman–Crippen LogP) is 1.83. The summed E-state index contributed by atoms with van der Waals surface area (Å²) in [6.45, 7) is 2.09. The molecule has 7 heteroatoms. The molecule has 0 aliphatic carbocycles. The van der Waals surface area contributed by atoms with Crippen molar-refractivity contribution in [2.75, 3.05) is 6.54 Å². The van der Waals surface area contributed by atoms with E-state index in [4.69, 9.17) is 4.74 Å². The molecule has 2 aromatic rings. The van der Waals surface area contributed by atoms with Gasteiger partial charge in [0.15, 0.2) is 0 Å². The lowest BCUT2D eigenvalue weighted by Crippen LogP contribution is -2.42. The Labute approximate surface area is 139 Å². The summed E-state index contributed by atoms with van der Waals surface area (Å²) in [7, 11) is 0. The van der Waals surface area contributed by atoms with Crippen LogP contribution in [0.3, 0.4) is 0 Å². The zero-order valence-electron chi connectivity index (χ0n) is 13.1. The van der Waals surface area contributed by atoms with Gasteiger partial charge in [0.1, 0.15) is 0 Å². The number of pyridine rings is 1. The van der Waals surface area contributed by atoms with Crippen molar-refractivity contribution in [1.82, 2.24) is 15.6 Å². The Hall–Kier alpha value is -3.22. The molecule has 3 amide bonds. The molecule has 0 aliphatic heterocycles. The molecule has 0 bridgehead atoms. The molecule has 0 saturated carbocycles. The molecule has 0 radical (unpaired) electrons. The van der Waals surface area contributed by atoms with Gasteiger partial charge in [-0.25, -0.2) is 9.59 Å². The molecule has 0 aliphatic rings. The largest absolute Gasteiger partial charge is 0.444 e. The first-order chi connectivity index (χ1) is 11.6. The summed E-state index contributed by atoms with van der Waals surface area (Å²) >= 11 is 0. The molecule has 24 heavy (non-hydrogen) atoms. The maximum absolute atomic E-state index is 12.3. The van der Waals surface area contributed by atoms with Crippen LogP contribution in [0, 0.1) is 0 Å². The monoisotopic (exact) mass is 327 g/mol. The third-order valence-electron chi connectivity index (χ3n) is 3.06. The fourth-order valence-electron chi connectivity index (χ4n) is 1.95. The van der Waals surface area contributed by atoms with Gasteiger partial charge in [-0.05, 0) is 19.1 Å². The molecule has 7 nitrogen and oxygen atoms in total. The van der Waals surface area contributed by atoms with E-state index in [1.54, 1.807) is 37.3 Å². The zero-order chi connectivity index (χ0) is 17.4. The predicted molar refractivity (Wildman–Crippen MR) is 86.1 cm³/mol. The lowest BCUT2D eigenvalue weighted by Gasteiger charge is -2.17. The van der Waals surface area contributed by atoms with Crippen LogP contribution in [0.2, 0.25) is 0 Å². The number of hydrogen-bond donors (Lipinski definition) is 2. The highest BCUT2D eigenvalue weighted by Gasteiger charge is 2.26. The van der Waals surface area contributed by atoms with Crippen molar-refractivity contribution in [1.29, 1.82) is 0 Å². The second-order valence-corrected chi connectivity index (χ2v) is 4.78. The van der Waals surface area contributed by atoms with Gasteiger partial charge in [0.25, 0.3) is 5.91 Å². The SMILES string of the molecule is CCNC(=O)NC(=O)[C@H](OC(=O)c1ccncc1)c1ccccc1. The highest BCUT2D eigenvalue weighted by molar-refractivity contribution is 5.99. The van der Waals surface area contributed by atoms with E-state index in [2.05, 4.69) is 15.6 Å². The van der Waals surface area contributed by atoms with Crippen molar-refractivity contribution in [3.8, 4) is 0 Å². The van der Waals surface area contributed by atoms with Gasteiger partial charge in [-0.2, -0.15) is 0 Å².